The van der Waals surface area contributed by atoms with Crippen LogP contribution in [0, 0.1) is 5.92 Å². The predicted octanol–water partition coefficient (Wildman–Crippen LogP) is -1.62. The largest absolute Gasteiger partial charge is 0.508 e. The van der Waals surface area contributed by atoms with Crippen LogP contribution < -0.4 is 33.2 Å². The molecule has 1 rings (SSSR count). The number of aliphatic carboxylic acids is 2. The monoisotopic (exact) mass is 565 g/mol. The molecule has 1 aromatic carbocycles. The minimum Gasteiger partial charge on any atom is -0.508 e. The fraction of sp³-hybridized carbons (Fsp3) is 0.520. The van der Waals surface area contributed by atoms with Gasteiger partial charge < -0.3 is 48.5 Å². The Morgan fingerprint density at radius 3 is 1.95 bits per heavy atom. The Morgan fingerprint density at radius 2 is 1.43 bits per heavy atom. The van der Waals surface area contributed by atoms with Gasteiger partial charge in [-0.1, -0.05) is 26.0 Å². The standard InChI is InChI=1S/C25H39N7O8/c1-13(2)10-19(24(39)40)32-23(38)18(11-14-5-7-15(33)8-6-14)31-22(37)17(4-3-9-29-25(27)28)30-21(36)16(26)12-20(34)35/h5-8,13,16-19,33H,3-4,9-12,26H2,1-2H3,(H,30,36)(H,31,37)(H,32,38)(H,34,35)(H,39,40)(H4,27,28,29). The molecule has 0 saturated carbocycles. The number of carboxylic acids is 2. The van der Waals surface area contributed by atoms with E-state index in [0.29, 0.717) is 5.56 Å². The van der Waals surface area contributed by atoms with E-state index in [1.165, 1.54) is 24.3 Å². The molecule has 4 atom stereocenters. The smallest absolute Gasteiger partial charge is 0.326 e. The zero-order chi connectivity index (χ0) is 30.4. The quantitative estimate of drug-likeness (QED) is 0.0587. The summed E-state index contributed by atoms with van der Waals surface area (Å²) < 4.78 is 0. The Hall–Kier alpha value is -4.40. The SMILES string of the molecule is CC(C)CC(NC(=O)C(Cc1ccc(O)cc1)NC(=O)C(CCCN=C(N)N)NC(=O)C(N)CC(=O)O)C(=O)O. The van der Waals surface area contributed by atoms with E-state index in [2.05, 4.69) is 20.9 Å². The number of rotatable bonds is 17. The van der Waals surface area contributed by atoms with Gasteiger partial charge in [0, 0.05) is 13.0 Å². The number of phenolic OH excluding ortho intramolecular Hbond substituents is 1. The number of aliphatic imine (C=N–C) groups is 1. The lowest BCUT2D eigenvalue weighted by Crippen LogP contribution is -2.57. The molecule has 0 aromatic heterocycles. The molecule has 0 aliphatic carbocycles. The molecule has 0 aliphatic heterocycles. The van der Waals surface area contributed by atoms with Crippen LogP contribution in [0.1, 0.15) is 45.1 Å². The molecule has 0 aliphatic rings. The Labute approximate surface area is 231 Å². The van der Waals surface area contributed by atoms with Crippen LogP contribution in [0.3, 0.4) is 0 Å². The normalized spacial score (nSPS) is 13.8. The maximum Gasteiger partial charge on any atom is 0.326 e. The van der Waals surface area contributed by atoms with Crippen molar-refractivity contribution in [1.82, 2.24) is 16.0 Å². The zero-order valence-electron chi connectivity index (χ0n) is 22.5. The topological polar surface area (TPSA) is 273 Å². The van der Waals surface area contributed by atoms with Crippen LogP contribution in [0.25, 0.3) is 0 Å². The van der Waals surface area contributed by atoms with Gasteiger partial charge in [-0.05, 0) is 42.9 Å². The van der Waals surface area contributed by atoms with Crippen LogP contribution in [0.2, 0.25) is 0 Å². The first-order valence-corrected chi connectivity index (χ1v) is 12.6. The highest BCUT2D eigenvalue weighted by Crippen LogP contribution is 2.13. The first kappa shape index (κ1) is 33.6. The number of hydrogen-bond donors (Lipinski definition) is 9. The third-order valence-electron chi connectivity index (χ3n) is 5.64. The Balaban J connectivity index is 3.20. The highest BCUT2D eigenvalue weighted by atomic mass is 16.4. The van der Waals surface area contributed by atoms with Crippen LogP contribution in [0.5, 0.6) is 5.75 Å². The number of nitrogens with zero attached hydrogens (tertiary/aromatic N) is 1. The van der Waals surface area contributed by atoms with Gasteiger partial charge >= 0.3 is 11.9 Å². The molecule has 15 heteroatoms. The Bertz CT molecular complexity index is 1060. The van der Waals surface area contributed by atoms with Crippen molar-refractivity contribution in [1.29, 1.82) is 0 Å². The Morgan fingerprint density at radius 1 is 0.875 bits per heavy atom. The maximum atomic E-state index is 13.3. The summed E-state index contributed by atoms with van der Waals surface area (Å²) in [6.45, 7) is 3.71. The molecule has 0 radical (unpaired) electrons. The summed E-state index contributed by atoms with van der Waals surface area (Å²) in [5.41, 5.74) is 16.8. The van der Waals surface area contributed by atoms with E-state index in [-0.39, 0.29) is 49.9 Å². The van der Waals surface area contributed by atoms with Gasteiger partial charge in [-0.25, -0.2) is 4.79 Å². The number of carbonyl (C=O) groups is 5. The second-order valence-corrected chi connectivity index (χ2v) is 9.68. The zero-order valence-corrected chi connectivity index (χ0v) is 22.5. The number of carboxylic acid groups (broad SMARTS) is 2. The highest BCUT2D eigenvalue weighted by molar-refractivity contribution is 5.94. The third-order valence-corrected chi connectivity index (χ3v) is 5.64. The van der Waals surface area contributed by atoms with Gasteiger partial charge in [-0.15, -0.1) is 0 Å². The van der Waals surface area contributed by atoms with Gasteiger partial charge in [-0.3, -0.25) is 24.2 Å². The van der Waals surface area contributed by atoms with Crippen LogP contribution in [0.15, 0.2) is 29.3 Å². The predicted molar refractivity (Wildman–Crippen MR) is 145 cm³/mol. The lowest BCUT2D eigenvalue weighted by molar-refractivity contribution is -0.142. The van der Waals surface area contributed by atoms with Crippen molar-refractivity contribution in [2.24, 2.45) is 28.1 Å². The van der Waals surface area contributed by atoms with Crippen molar-refractivity contribution in [3.63, 3.8) is 0 Å². The third kappa shape index (κ3) is 12.9. The van der Waals surface area contributed by atoms with Crippen molar-refractivity contribution in [2.75, 3.05) is 6.54 Å². The average molecular weight is 566 g/mol. The van der Waals surface area contributed by atoms with Crippen molar-refractivity contribution in [2.45, 2.75) is 70.1 Å². The van der Waals surface area contributed by atoms with Gasteiger partial charge in [0.15, 0.2) is 5.96 Å². The molecule has 0 saturated heterocycles. The van der Waals surface area contributed by atoms with E-state index in [1.807, 2.05) is 0 Å². The number of nitrogens with two attached hydrogens (primary N) is 3. The van der Waals surface area contributed by atoms with Crippen molar-refractivity contribution in [3.05, 3.63) is 29.8 Å². The van der Waals surface area contributed by atoms with Crippen molar-refractivity contribution < 1.29 is 39.3 Å². The molecule has 0 fully saturated rings. The molecule has 0 heterocycles. The molecule has 1 aromatic rings. The molecule has 12 N–H and O–H groups in total. The van der Waals surface area contributed by atoms with E-state index in [0.717, 1.165) is 0 Å². The molecule has 3 amide bonds. The summed E-state index contributed by atoms with van der Waals surface area (Å²) in [5.74, 6) is -5.26. The van der Waals surface area contributed by atoms with Crippen LogP contribution in [-0.4, -0.2) is 81.7 Å². The lowest BCUT2D eigenvalue weighted by Gasteiger charge is -2.25. The Kier molecular flexibility index (Phi) is 13.9. The summed E-state index contributed by atoms with van der Waals surface area (Å²) >= 11 is 0. The van der Waals surface area contributed by atoms with Crippen molar-refractivity contribution in [3.8, 4) is 5.75 Å². The first-order valence-electron chi connectivity index (χ1n) is 12.6. The van der Waals surface area contributed by atoms with E-state index in [4.69, 9.17) is 22.3 Å². The van der Waals surface area contributed by atoms with E-state index in [9.17, 15) is 34.2 Å². The van der Waals surface area contributed by atoms with Crippen LogP contribution in [-0.2, 0) is 30.4 Å². The molecule has 4 unspecified atom stereocenters. The fourth-order valence-corrected chi connectivity index (χ4v) is 3.65. The highest BCUT2D eigenvalue weighted by Gasteiger charge is 2.31. The number of guanidine groups is 1. The van der Waals surface area contributed by atoms with E-state index >= 15 is 0 Å². The van der Waals surface area contributed by atoms with Crippen LogP contribution in [0.4, 0.5) is 0 Å². The first-order chi connectivity index (χ1) is 18.7. The number of nitrogens with one attached hydrogen (secondary N) is 3. The summed E-state index contributed by atoms with van der Waals surface area (Å²) in [6.07, 6.45) is -0.362. The van der Waals surface area contributed by atoms with Gasteiger partial charge in [-0.2, -0.15) is 0 Å². The number of carbonyl (C=O) groups excluding carboxylic acids is 3. The summed E-state index contributed by atoms with van der Waals surface area (Å²) in [7, 11) is 0. The van der Waals surface area contributed by atoms with E-state index < -0.39 is 60.2 Å². The van der Waals surface area contributed by atoms with Gasteiger partial charge in [0.05, 0.1) is 12.5 Å². The number of amides is 3. The van der Waals surface area contributed by atoms with Crippen LogP contribution >= 0.6 is 0 Å². The summed E-state index contributed by atoms with van der Waals surface area (Å²) in [4.78, 5) is 65.5. The summed E-state index contributed by atoms with van der Waals surface area (Å²) in [5, 5.41) is 35.5. The fourth-order valence-electron chi connectivity index (χ4n) is 3.65. The molecule has 15 nitrogen and oxygen atoms in total. The number of hydrogen-bond acceptors (Lipinski definition) is 8. The number of benzene rings is 1. The molecule has 40 heavy (non-hydrogen) atoms. The number of phenols is 1. The minimum absolute atomic E-state index is 0.00674. The number of aromatic hydroxyl groups is 1. The minimum atomic E-state index is -1.44. The average Bonchev–Trinajstić information content (AvgIpc) is 2.85. The van der Waals surface area contributed by atoms with Gasteiger partial charge in [0.25, 0.3) is 0 Å². The molecule has 222 valence electrons. The maximum absolute atomic E-state index is 13.3. The molecule has 0 bridgehead atoms. The summed E-state index contributed by atoms with van der Waals surface area (Å²) in [6, 6.07) is 0.680. The second-order valence-electron chi connectivity index (χ2n) is 9.68. The molecule has 0 spiro atoms. The van der Waals surface area contributed by atoms with Gasteiger partial charge in [0.2, 0.25) is 17.7 Å². The van der Waals surface area contributed by atoms with Gasteiger partial charge in [0.1, 0.15) is 23.9 Å². The lowest BCUT2D eigenvalue weighted by atomic mass is 10.0. The molecular weight excluding hydrogens is 526 g/mol. The van der Waals surface area contributed by atoms with E-state index in [1.54, 1.807) is 13.8 Å². The van der Waals surface area contributed by atoms with Crippen molar-refractivity contribution >= 4 is 35.6 Å². The molecular formula is C25H39N7O8. The second kappa shape index (κ2) is 16.5.